The van der Waals surface area contributed by atoms with Crippen LogP contribution in [0.25, 0.3) is 22.3 Å². The van der Waals surface area contributed by atoms with E-state index in [1.807, 2.05) is 85.3 Å². The molecule has 0 saturated carbocycles. The van der Waals surface area contributed by atoms with E-state index < -0.39 is 0 Å². The summed E-state index contributed by atoms with van der Waals surface area (Å²) in [6.45, 7) is 6.44. The van der Waals surface area contributed by atoms with Crippen molar-refractivity contribution in [3.8, 4) is 22.3 Å². The van der Waals surface area contributed by atoms with Crippen LogP contribution in [0.15, 0.2) is 110 Å². The number of nitrogens with one attached hydrogen (secondary N) is 2. The molecule has 9 nitrogen and oxygen atoms in total. The van der Waals surface area contributed by atoms with Crippen molar-refractivity contribution in [2.45, 2.75) is 51.2 Å². The summed E-state index contributed by atoms with van der Waals surface area (Å²) in [6, 6.07) is 26.0. The predicted octanol–water partition coefficient (Wildman–Crippen LogP) is 6.31. The van der Waals surface area contributed by atoms with E-state index in [1.165, 1.54) is 5.56 Å². The minimum atomic E-state index is -0.0333. The van der Waals surface area contributed by atoms with Crippen LogP contribution in [-0.2, 0) is 6.54 Å². The van der Waals surface area contributed by atoms with Crippen LogP contribution < -0.4 is 15.5 Å². The average Bonchev–Trinajstić information content (AvgIpc) is 3.17. The number of amides is 2. The maximum Gasteiger partial charge on any atom is 0.251 e. The van der Waals surface area contributed by atoms with Crippen LogP contribution >= 0.6 is 0 Å². The van der Waals surface area contributed by atoms with Gasteiger partial charge in [0.05, 0.1) is 0 Å². The first-order valence-electron chi connectivity index (χ1n) is 17.5. The highest BCUT2D eigenvalue weighted by Gasteiger charge is 2.24. The molecule has 5 aromatic rings. The smallest absolute Gasteiger partial charge is 0.251 e. The van der Waals surface area contributed by atoms with Gasteiger partial charge in [-0.15, -0.1) is 0 Å². The molecule has 0 spiro atoms. The van der Waals surface area contributed by atoms with E-state index in [9.17, 15) is 9.59 Å². The van der Waals surface area contributed by atoms with Gasteiger partial charge in [-0.05, 0) is 97.3 Å². The van der Waals surface area contributed by atoms with Gasteiger partial charge in [0, 0.05) is 98.0 Å². The third-order valence-electron chi connectivity index (χ3n) is 9.88. The Labute approximate surface area is 293 Å². The normalized spacial score (nSPS) is 15.8. The van der Waals surface area contributed by atoms with Crippen LogP contribution in [0.2, 0.25) is 0 Å². The molecule has 2 aliphatic rings. The lowest BCUT2D eigenvalue weighted by Crippen LogP contribution is -2.45. The third kappa shape index (κ3) is 8.06. The van der Waals surface area contributed by atoms with Crippen molar-refractivity contribution >= 4 is 17.6 Å². The number of hydrogen-bond acceptors (Lipinski definition) is 7. The first-order chi connectivity index (χ1) is 24.5. The summed E-state index contributed by atoms with van der Waals surface area (Å²) in [6.07, 6.45) is 12.7. The molecule has 0 atom stereocenters. The van der Waals surface area contributed by atoms with Crippen molar-refractivity contribution in [2.24, 2.45) is 0 Å². The number of pyridine rings is 3. The number of likely N-dealkylation sites (tertiary alicyclic amines) is 1. The van der Waals surface area contributed by atoms with Crippen molar-refractivity contribution in [3.05, 3.63) is 132 Å². The summed E-state index contributed by atoms with van der Waals surface area (Å²) in [5.41, 5.74) is 7.68. The Morgan fingerprint density at radius 2 is 1.32 bits per heavy atom. The number of rotatable bonds is 9. The second-order valence-corrected chi connectivity index (χ2v) is 13.4. The van der Waals surface area contributed by atoms with Crippen molar-refractivity contribution < 1.29 is 9.59 Å². The minimum absolute atomic E-state index is 0.0259. The fraction of sp³-hybridized carbons (Fsp3) is 0.293. The van der Waals surface area contributed by atoms with Gasteiger partial charge in [0.15, 0.2) is 0 Å². The zero-order valence-corrected chi connectivity index (χ0v) is 28.5. The Balaban J connectivity index is 0.848. The van der Waals surface area contributed by atoms with Crippen LogP contribution in [0.1, 0.15) is 57.5 Å². The Morgan fingerprint density at radius 1 is 0.680 bits per heavy atom. The van der Waals surface area contributed by atoms with Crippen LogP contribution in [0.3, 0.4) is 0 Å². The Morgan fingerprint density at radius 3 is 1.96 bits per heavy atom. The lowest BCUT2D eigenvalue weighted by atomic mass is 9.98. The molecular formula is C41H43N7O2. The topological polar surface area (TPSA) is 103 Å². The van der Waals surface area contributed by atoms with E-state index in [0.29, 0.717) is 11.1 Å². The van der Waals surface area contributed by atoms with Crippen molar-refractivity contribution in [1.29, 1.82) is 0 Å². The molecule has 3 aromatic heterocycles. The molecule has 5 heterocycles. The quantitative estimate of drug-likeness (QED) is 0.190. The minimum Gasteiger partial charge on any atom is -0.356 e. The second-order valence-electron chi connectivity index (χ2n) is 13.4. The highest BCUT2D eigenvalue weighted by molar-refractivity contribution is 5.96. The fourth-order valence-electron chi connectivity index (χ4n) is 6.95. The highest BCUT2D eigenvalue weighted by Crippen LogP contribution is 2.25. The number of nitrogens with zero attached hydrogens (tertiary/aromatic N) is 5. The predicted molar refractivity (Wildman–Crippen MR) is 197 cm³/mol. The molecule has 0 bridgehead atoms. The van der Waals surface area contributed by atoms with Crippen molar-refractivity contribution in [1.82, 2.24) is 30.5 Å². The summed E-state index contributed by atoms with van der Waals surface area (Å²) in [7, 11) is 0. The number of carbonyl (C=O) groups excluding carboxylic acids is 2. The molecule has 0 radical (unpaired) electrons. The summed E-state index contributed by atoms with van der Waals surface area (Å²) in [4.78, 5) is 44.2. The average molecular weight is 666 g/mol. The number of hydrogen-bond donors (Lipinski definition) is 2. The molecule has 0 unspecified atom stereocenters. The lowest BCUT2D eigenvalue weighted by molar-refractivity contribution is 0.0906. The highest BCUT2D eigenvalue weighted by atomic mass is 16.2. The summed E-state index contributed by atoms with van der Waals surface area (Å²) in [5.74, 6) is 0.920. The molecule has 50 heavy (non-hydrogen) atoms. The van der Waals surface area contributed by atoms with Crippen LogP contribution in [0.5, 0.6) is 0 Å². The Bertz CT molecular complexity index is 1900. The van der Waals surface area contributed by atoms with E-state index >= 15 is 0 Å². The van der Waals surface area contributed by atoms with Gasteiger partial charge < -0.3 is 15.5 Å². The molecule has 7 rings (SSSR count). The van der Waals surface area contributed by atoms with Crippen LogP contribution in [-0.4, -0.2) is 69.9 Å². The zero-order chi connectivity index (χ0) is 34.3. The lowest BCUT2D eigenvalue weighted by Gasteiger charge is -2.34. The molecular weight excluding hydrogens is 622 g/mol. The van der Waals surface area contributed by atoms with Gasteiger partial charge in [-0.1, -0.05) is 36.4 Å². The summed E-state index contributed by atoms with van der Waals surface area (Å²) < 4.78 is 0. The number of anilines is 1. The fourth-order valence-corrected chi connectivity index (χ4v) is 6.95. The van der Waals surface area contributed by atoms with E-state index in [-0.39, 0.29) is 23.9 Å². The summed E-state index contributed by atoms with van der Waals surface area (Å²) in [5, 5.41) is 6.51. The summed E-state index contributed by atoms with van der Waals surface area (Å²) >= 11 is 0. The second kappa shape index (κ2) is 15.4. The molecule has 2 amide bonds. The maximum absolute atomic E-state index is 13.2. The molecule has 254 valence electrons. The Hall–Kier alpha value is -5.41. The van der Waals surface area contributed by atoms with Gasteiger partial charge in [-0.3, -0.25) is 24.5 Å². The maximum atomic E-state index is 13.2. The number of piperidine rings is 2. The molecule has 9 heteroatoms. The molecule has 2 aromatic carbocycles. The first kappa shape index (κ1) is 33.1. The van der Waals surface area contributed by atoms with Crippen molar-refractivity contribution in [3.63, 3.8) is 0 Å². The van der Waals surface area contributed by atoms with Gasteiger partial charge in [-0.25, -0.2) is 4.98 Å². The van der Waals surface area contributed by atoms with Gasteiger partial charge >= 0.3 is 0 Å². The van der Waals surface area contributed by atoms with E-state index in [4.69, 9.17) is 4.98 Å². The number of carbonyl (C=O) groups is 2. The molecule has 2 saturated heterocycles. The van der Waals surface area contributed by atoms with Crippen LogP contribution in [0, 0.1) is 6.92 Å². The standard InChI is InChI=1S/C41H43N7O2/c1-29-9-11-33(24-38(29)35-8-4-18-43-27-35)41(50)46-37-15-21-48(22-16-37)39-12-10-30(25-44-39)28-47-19-13-36(14-20-47)45-40(49)32-6-2-5-31(23-32)34-7-3-17-42-26-34/h2-12,17-18,23-27,36-37H,13-16,19-22,28H2,1H3,(H,45,49)(H,46,50). The van der Waals surface area contributed by atoms with Crippen LogP contribution in [0.4, 0.5) is 5.82 Å². The molecule has 2 N–H and O–H groups in total. The largest absolute Gasteiger partial charge is 0.356 e. The van der Waals surface area contributed by atoms with E-state index in [1.54, 1.807) is 12.4 Å². The van der Waals surface area contributed by atoms with Gasteiger partial charge in [0.1, 0.15) is 5.82 Å². The molecule has 0 aliphatic carbocycles. The van der Waals surface area contributed by atoms with E-state index in [0.717, 1.165) is 92.0 Å². The first-order valence-corrected chi connectivity index (χ1v) is 17.5. The van der Waals surface area contributed by atoms with Gasteiger partial charge in [-0.2, -0.15) is 0 Å². The van der Waals surface area contributed by atoms with Crippen molar-refractivity contribution in [2.75, 3.05) is 31.1 Å². The third-order valence-corrected chi connectivity index (χ3v) is 9.88. The molecule has 2 fully saturated rings. The SMILES string of the molecule is Cc1ccc(C(=O)NC2CCN(c3ccc(CN4CCC(NC(=O)c5cccc(-c6cccnc6)c5)CC4)cn3)CC2)cc1-c1cccnc1. The number of aromatic nitrogens is 3. The Kier molecular flexibility index (Phi) is 10.2. The van der Waals surface area contributed by atoms with Gasteiger partial charge in [0.2, 0.25) is 0 Å². The monoisotopic (exact) mass is 665 g/mol. The number of benzene rings is 2. The zero-order valence-electron chi connectivity index (χ0n) is 28.5. The number of aryl methyl sites for hydroxylation is 1. The van der Waals surface area contributed by atoms with Gasteiger partial charge in [0.25, 0.3) is 11.8 Å². The molecule has 2 aliphatic heterocycles. The van der Waals surface area contributed by atoms with E-state index in [2.05, 4.69) is 49.5 Å².